The molecule has 2 heterocycles. The van der Waals surface area contributed by atoms with E-state index < -0.39 is 5.97 Å². The summed E-state index contributed by atoms with van der Waals surface area (Å²) in [4.78, 5) is 15.7. The first-order valence-electron chi connectivity index (χ1n) is 4.85. The fourth-order valence-electron chi connectivity index (χ4n) is 1.43. The summed E-state index contributed by atoms with van der Waals surface area (Å²) >= 11 is 5.85. The fourth-order valence-corrected chi connectivity index (χ4v) is 1.63. The van der Waals surface area contributed by atoms with Gasteiger partial charge in [0.05, 0.1) is 29.6 Å². The van der Waals surface area contributed by atoms with Gasteiger partial charge in [-0.2, -0.15) is 10.4 Å². The third-order valence-electron chi connectivity index (χ3n) is 2.26. The molecule has 90 valence electrons. The summed E-state index contributed by atoms with van der Waals surface area (Å²) in [6.07, 6.45) is 3.05. The Kier molecular flexibility index (Phi) is 3.26. The van der Waals surface area contributed by atoms with Gasteiger partial charge in [0.25, 0.3) is 0 Å². The highest BCUT2D eigenvalue weighted by molar-refractivity contribution is 6.32. The maximum absolute atomic E-state index is 11.6. The summed E-state index contributed by atoms with van der Waals surface area (Å²) in [5, 5.41) is 15.4. The van der Waals surface area contributed by atoms with Gasteiger partial charge >= 0.3 is 5.97 Å². The van der Waals surface area contributed by atoms with Crippen molar-refractivity contribution in [2.45, 2.75) is 0 Å². The minimum absolute atomic E-state index is 0.0421. The second-order valence-electron chi connectivity index (χ2n) is 3.31. The molecule has 0 saturated carbocycles. The van der Waals surface area contributed by atoms with E-state index in [1.165, 1.54) is 19.4 Å². The molecule has 2 aromatic rings. The lowest BCUT2D eigenvalue weighted by molar-refractivity contribution is 0.0601. The van der Waals surface area contributed by atoms with Crippen LogP contribution in [0.2, 0.25) is 5.02 Å². The fraction of sp³-hybridized carbons (Fsp3) is 0.0909. The molecule has 0 radical (unpaired) electrons. The number of hydrogen-bond acceptors (Lipinski definition) is 5. The zero-order valence-corrected chi connectivity index (χ0v) is 10.0. The van der Waals surface area contributed by atoms with Crippen molar-refractivity contribution in [1.29, 1.82) is 5.26 Å². The van der Waals surface area contributed by atoms with E-state index >= 15 is 0 Å². The highest BCUT2D eigenvalue weighted by atomic mass is 35.5. The van der Waals surface area contributed by atoms with Crippen LogP contribution in [0.3, 0.4) is 0 Å². The number of carbonyl (C=O) groups is 1. The molecule has 0 unspecified atom stereocenters. The van der Waals surface area contributed by atoms with Crippen molar-refractivity contribution >= 4 is 17.6 Å². The molecule has 2 aromatic heterocycles. The number of aromatic amines is 1. The molecular formula is C11H7ClN4O2. The molecular weight excluding hydrogens is 256 g/mol. The van der Waals surface area contributed by atoms with E-state index in [-0.39, 0.29) is 16.3 Å². The SMILES string of the molecule is COC(=O)c1cc(Cl)c(C#N)nc1-c1cn[nH]c1. The number of hydrogen-bond donors (Lipinski definition) is 1. The predicted molar refractivity (Wildman–Crippen MR) is 62.9 cm³/mol. The van der Waals surface area contributed by atoms with Gasteiger partial charge in [0.15, 0.2) is 5.69 Å². The number of nitriles is 1. The first-order chi connectivity index (χ1) is 8.67. The predicted octanol–water partition coefficient (Wildman–Crippen LogP) is 1.78. The first kappa shape index (κ1) is 12.1. The summed E-state index contributed by atoms with van der Waals surface area (Å²) < 4.78 is 4.65. The maximum Gasteiger partial charge on any atom is 0.340 e. The number of H-pyrrole nitrogens is 1. The average molecular weight is 263 g/mol. The first-order valence-corrected chi connectivity index (χ1v) is 5.23. The van der Waals surface area contributed by atoms with Gasteiger partial charge < -0.3 is 4.74 Å². The van der Waals surface area contributed by atoms with Gasteiger partial charge in [0.1, 0.15) is 6.07 Å². The summed E-state index contributed by atoms with van der Waals surface area (Å²) in [6.45, 7) is 0. The lowest BCUT2D eigenvalue weighted by Crippen LogP contribution is -2.06. The van der Waals surface area contributed by atoms with Crippen LogP contribution in [-0.2, 0) is 4.74 Å². The highest BCUT2D eigenvalue weighted by Gasteiger charge is 2.19. The number of esters is 1. The largest absolute Gasteiger partial charge is 0.465 e. The molecule has 2 rings (SSSR count). The molecule has 6 nitrogen and oxygen atoms in total. The van der Waals surface area contributed by atoms with Gasteiger partial charge in [0, 0.05) is 11.8 Å². The number of rotatable bonds is 2. The molecule has 0 fully saturated rings. The number of ether oxygens (including phenoxy) is 1. The second kappa shape index (κ2) is 4.85. The molecule has 0 saturated heterocycles. The Morgan fingerprint density at radius 2 is 2.39 bits per heavy atom. The standard InChI is InChI=1S/C11H7ClN4O2/c1-18-11(17)7-2-8(12)9(3-13)16-10(7)6-4-14-15-5-6/h2,4-5H,1H3,(H,14,15). The van der Waals surface area contributed by atoms with Gasteiger partial charge in [-0.1, -0.05) is 11.6 Å². The molecule has 0 aliphatic heterocycles. The number of methoxy groups -OCH3 is 1. The molecule has 0 amide bonds. The number of carbonyl (C=O) groups excluding carboxylic acids is 1. The van der Waals surface area contributed by atoms with Crippen molar-refractivity contribution in [3.63, 3.8) is 0 Å². The van der Waals surface area contributed by atoms with Crippen molar-refractivity contribution in [3.05, 3.63) is 34.7 Å². The van der Waals surface area contributed by atoms with Crippen LogP contribution in [0.15, 0.2) is 18.5 Å². The molecule has 0 spiro atoms. The van der Waals surface area contributed by atoms with Crippen LogP contribution in [0, 0.1) is 11.3 Å². The number of pyridine rings is 1. The van der Waals surface area contributed by atoms with Crippen LogP contribution in [0.1, 0.15) is 16.1 Å². The molecule has 0 bridgehead atoms. The lowest BCUT2D eigenvalue weighted by atomic mass is 10.1. The van der Waals surface area contributed by atoms with Crippen LogP contribution >= 0.6 is 11.6 Å². The van der Waals surface area contributed by atoms with Crippen LogP contribution in [0.25, 0.3) is 11.3 Å². The summed E-state index contributed by atoms with van der Waals surface area (Å²) in [7, 11) is 1.26. The van der Waals surface area contributed by atoms with E-state index in [0.717, 1.165) is 0 Å². The normalized spacial score (nSPS) is 9.83. The Morgan fingerprint density at radius 1 is 1.61 bits per heavy atom. The zero-order chi connectivity index (χ0) is 13.1. The van der Waals surface area contributed by atoms with Crippen molar-refractivity contribution in [2.24, 2.45) is 0 Å². The highest BCUT2D eigenvalue weighted by Crippen LogP contribution is 2.26. The Hall–Kier alpha value is -2.39. The topological polar surface area (TPSA) is 91.7 Å². The van der Waals surface area contributed by atoms with E-state index in [4.69, 9.17) is 16.9 Å². The van der Waals surface area contributed by atoms with E-state index in [1.807, 2.05) is 6.07 Å². The number of halogens is 1. The van der Waals surface area contributed by atoms with Crippen molar-refractivity contribution in [2.75, 3.05) is 7.11 Å². The second-order valence-corrected chi connectivity index (χ2v) is 3.71. The third-order valence-corrected chi connectivity index (χ3v) is 2.55. The van der Waals surface area contributed by atoms with Gasteiger partial charge in [-0.25, -0.2) is 9.78 Å². The summed E-state index contributed by atoms with van der Waals surface area (Å²) in [5.74, 6) is -0.579. The summed E-state index contributed by atoms with van der Waals surface area (Å²) in [6, 6.07) is 3.22. The van der Waals surface area contributed by atoms with Crippen LogP contribution in [-0.4, -0.2) is 28.3 Å². The minimum Gasteiger partial charge on any atom is -0.465 e. The molecule has 18 heavy (non-hydrogen) atoms. The molecule has 7 heteroatoms. The molecule has 1 N–H and O–H groups in total. The van der Waals surface area contributed by atoms with E-state index in [9.17, 15) is 4.79 Å². The number of nitrogens with zero attached hydrogens (tertiary/aromatic N) is 3. The maximum atomic E-state index is 11.6. The Bertz CT molecular complexity index is 631. The monoisotopic (exact) mass is 262 g/mol. The quantitative estimate of drug-likeness (QED) is 0.833. The van der Waals surface area contributed by atoms with E-state index in [1.54, 1.807) is 6.20 Å². The van der Waals surface area contributed by atoms with E-state index in [2.05, 4.69) is 19.9 Å². The van der Waals surface area contributed by atoms with Gasteiger partial charge in [-0.05, 0) is 6.07 Å². The Balaban J connectivity index is 2.69. The van der Waals surface area contributed by atoms with Crippen LogP contribution in [0.4, 0.5) is 0 Å². The Morgan fingerprint density at radius 3 is 2.94 bits per heavy atom. The number of aromatic nitrogens is 3. The van der Waals surface area contributed by atoms with Crippen molar-refractivity contribution in [3.8, 4) is 17.3 Å². The van der Waals surface area contributed by atoms with Gasteiger partial charge in [-0.15, -0.1) is 0 Å². The molecule has 0 aromatic carbocycles. The van der Waals surface area contributed by atoms with Gasteiger partial charge in [-0.3, -0.25) is 5.10 Å². The number of nitrogens with one attached hydrogen (secondary N) is 1. The molecule has 0 aliphatic rings. The Labute approximate surface area is 107 Å². The smallest absolute Gasteiger partial charge is 0.340 e. The molecule has 0 aliphatic carbocycles. The third kappa shape index (κ3) is 2.04. The van der Waals surface area contributed by atoms with Crippen molar-refractivity contribution < 1.29 is 9.53 Å². The van der Waals surface area contributed by atoms with Gasteiger partial charge in [0.2, 0.25) is 0 Å². The van der Waals surface area contributed by atoms with E-state index in [0.29, 0.717) is 11.3 Å². The molecule has 0 atom stereocenters. The lowest BCUT2D eigenvalue weighted by Gasteiger charge is -2.06. The average Bonchev–Trinajstić information content (AvgIpc) is 2.91. The van der Waals surface area contributed by atoms with Crippen molar-refractivity contribution in [1.82, 2.24) is 15.2 Å². The van der Waals surface area contributed by atoms with Crippen LogP contribution in [0.5, 0.6) is 0 Å². The summed E-state index contributed by atoms with van der Waals surface area (Å²) in [5.41, 5.74) is 1.10. The van der Waals surface area contributed by atoms with Crippen LogP contribution < -0.4 is 0 Å². The minimum atomic E-state index is -0.579. The zero-order valence-electron chi connectivity index (χ0n) is 9.27.